The van der Waals surface area contributed by atoms with Gasteiger partial charge in [0, 0.05) is 26.7 Å². The van der Waals surface area contributed by atoms with Gasteiger partial charge in [0.05, 0.1) is 18.5 Å². The van der Waals surface area contributed by atoms with Crippen LogP contribution in [0.1, 0.15) is 63.6 Å². The van der Waals surface area contributed by atoms with Gasteiger partial charge in [-0.25, -0.2) is 4.68 Å². The third-order valence-electron chi connectivity index (χ3n) is 3.92. The first-order valence-corrected chi connectivity index (χ1v) is 8.84. The summed E-state index contributed by atoms with van der Waals surface area (Å²) in [7, 11) is 1.67. The van der Waals surface area contributed by atoms with E-state index in [1.54, 1.807) is 18.0 Å². The number of ether oxygens (including phenoxy) is 2. The molecule has 0 spiro atoms. The lowest BCUT2D eigenvalue weighted by Gasteiger charge is -2.13. The van der Waals surface area contributed by atoms with Crippen LogP contribution in [0.5, 0.6) is 0 Å². The Balaban J connectivity index is 2.18. The summed E-state index contributed by atoms with van der Waals surface area (Å²) >= 11 is 0. The van der Waals surface area contributed by atoms with Crippen molar-refractivity contribution in [2.75, 3.05) is 20.3 Å². The van der Waals surface area contributed by atoms with E-state index >= 15 is 0 Å². The van der Waals surface area contributed by atoms with E-state index in [1.165, 1.54) is 6.92 Å². The summed E-state index contributed by atoms with van der Waals surface area (Å²) in [6, 6.07) is -0.343. The Morgan fingerprint density at radius 1 is 1.20 bits per heavy atom. The van der Waals surface area contributed by atoms with Crippen LogP contribution in [0.15, 0.2) is 6.20 Å². The van der Waals surface area contributed by atoms with Gasteiger partial charge in [0.2, 0.25) is 0 Å². The maximum Gasteiger partial charge on any atom is 0.305 e. The first-order valence-electron chi connectivity index (χ1n) is 8.84. The Kier molecular flexibility index (Phi) is 10.7. The topological polar surface area (TPSA) is 109 Å². The van der Waals surface area contributed by atoms with Crippen molar-refractivity contribution >= 4 is 11.8 Å². The zero-order valence-corrected chi connectivity index (χ0v) is 15.3. The number of Topliss-reactive ketones (excluding diaryl/α,β-unsaturated/α-hetero) is 1. The van der Waals surface area contributed by atoms with Crippen LogP contribution in [0.4, 0.5) is 0 Å². The molecule has 0 aromatic carbocycles. The number of carbonyl (C=O) groups is 2. The Morgan fingerprint density at radius 3 is 2.60 bits per heavy atom. The van der Waals surface area contributed by atoms with Crippen molar-refractivity contribution < 1.29 is 19.1 Å². The van der Waals surface area contributed by atoms with Crippen LogP contribution < -0.4 is 5.73 Å². The lowest BCUT2D eigenvalue weighted by Crippen LogP contribution is -2.18. The molecule has 0 aliphatic heterocycles. The van der Waals surface area contributed by atoms with Crippen molar-refractivity contribution in [3.8, 4) is 0 Å². The van der Waals surface area contributed by atoms with Gasteiger partial charge in [-0.3, -0.25) is 9.59 Å². The normalized spacial score (nSPS) is 12.1. The molecule has 1 aromatic rings. The monoisotopic (exact) mass is 354 g/mol. The quantitative estimate of drug-likeness (QED) is 0.400. The Hall–Kier alpha value is -1.80. The zero-order chi connectivity index (χ0) is 18.5. The highest BCUT2D eigenvalue weighted by Crippen LogP contribution is 2.16. The van der Waals surface area contributed by atoms with Crippen molar-refractivity contribution in [1.29, 1.82) is 0 Å². The molecule has 8 heteroatoms. The highest BCUT2D eigenvalue weighted by Gasteiger charge is 2.17. The van der Waals surface area contributed by atoms with Gasteiger partial charge in [-0.15, -0.1) is 5.10 Å². The molecule has 0 saturated heterocycles. The summed E-state index contributed by atoms with van der Waals surface area (Å²) in [5.41, 5.74) is 6.17. The molecule has 1 rings (SSSR count). The third-order valence-corrected chi connectivity index (χ3v) is 3.92. The van der Waals surface area contributed by atoms with Gasteiger partial charge in [0.15, 0.2) is 5.78 Å². The van der Waals surface area contributed by atoms with Crippen LogP contribution >= 0.6 is 0 Å². The molecule has 0 aliphatic carbocycles. The third kappa shape index (κ3) is 8.74. The van der Waals surface area contributed by atoms with E-state index in [2.05, 4.69) is 10.3 Å². The molecule has 0 aliphatic rings. The molecule has 25 heavy (non-hydrogen) atoms. The van der Waals surface area contributed by atoms with Crippen molar-refractivity contribution in [2.45, 2.75) is 64.5 Å². The Bertz CT molecular complexity index is 519. The molecular formula is C17H30N4O4. The number of hydrogen-bond acceptors (Lipinski definition) is 7. The Morgan fingerprint density at radius 2 is 1.96 bits per heavy atom. The summed E-state index contributed by atoms with van der Waals surface area (Å²) in [5.74, 6) is -0.133. The second-order valence-corrected chi connectivity index (χ2v) is 6.04. The molecule has 0 amide bonds. The summed E-state index contributed by atoms with van der Waals surface area (Å²) in [6.45, 7) is 2.95. The highest BCUT2D eigenvalue weighted by atomic mass is 16.5. The van der Waals surface area contributed by atoms with Gasteiger partial charge in [0.1, 0.15) is 6.04 Å². The first-order chi connectivity index (χ1) is 12.1. The molecule has 2 N–H and O–H groups in total. The van der Waals surface area contributed by atoms with Crippen LogP contribution in [-0.2, 0) is 25.6 Å². The predicted octanol–water partition coefficient (Wildman–Crippen LogP) is 1.79. The zero-order valence-electron chi connectivity index (χ0n) is 15.3. The van der Waals surface area contributed by atoms with Gasteiger partial charge in [-0.2, -0.15) is 0 Å². The van der Waals surface area contributed by atoms with Crippen molar-refractivity contribution in [1.82, 2.24) is 15.0 Å². The van der Waals surface area contributed by atoms with Gasteiger partial charge >= 0.3 is 5.97 Å². The van der Waals surface area contributed by atoms with E-state index in [1.807, 2.05) is 0 Å². The lowest BCUT2D eigenvalue weighted by atomic mass is 10.1. The SMILES string of the molecule is COCCCCCC(=O)OCCCC[C@H](C(C)=O)n1cc(CN)nn1. The molecule has 1 atom stereocenters. The second kappa shape index (κ2) is 12.5. The molecule has 0 fully saturated rings. The van der Waals surface area contributed by atoms with Crippen molar-refractivity contribution in [2.24, 2.45) is 5.73 Å². The smallest absolute Gasteiger partial charge is 0.305 e. The number of unbranched alkanes of at least 4 members (excludes halogenated alkanes) is 3. The average Bonchev–Trinajstić information content (AvgIpc) is 3.06. The molecule has 1 aromatic heterocycles. The van der Waals surface area contributed by atoms with Crippen LogP contribution in [0, 0.1) is 0 Å². The molecular weight excluding hydrogens is 324 g/mol. The van der Waals surface area contributed by atoms with Crippen LogP contribution in [-0.4, -0.2) is 47.1 Å². The molecule has 0 saturated carbocycles. The fourth-order valence-electron chi connectivity index (χ4n) is 2.47. The minimum absolute atomic E-state index is 0.0292. The lowest BCUT2D eigenvalue weighted by molar-refractivity contribution is -0.144. The van der Waals surface area contributed by atoms with E-state index in [4.69, 9.17) is 15.2 Å². The maximum absolute atomic E-state index is 11.8. The minimum atomic E-state index is -0.343. The van der Waals surface area contributed by atoms with Gasteiger partial charge in [-0.1, -0.05) is 11.6 Å². The number of methoxy groups -OCH3 is 1. The Labute approximate surface area is 149 Å². The largest absolute Gasteiger partial charge is 0.466 e. The second-order valence-electron chi connectivity index (χ2n) is 6.04. The molecule has 0 radical (unpaired) electrons. The fraction of sp³-hybridized carbons (Fsp3) is 0.765. The summed E-state index contributed by atoms with van der Waals surface area (Å²) in [6.07, 6.45) is 7.02. The summed E-state index contributed by atoms with van der Waals surface area (Å²) in [5, 5.41) is 7.87. The number of aromatic nitrogens is 3. The van der Waals surface area contributed by atoms with Crippen molar-refractivity contribution in [3.63, 3.8) is 0 Å². The van der Waals surface area contributed by atoms with Crippen LogP contribution in [0.2, 0.25) is 0 Å². The number of hydrogen-bond donors (Lipinski definition) is 1. The molecule has 1 heterocycles. The number of rotatable bonds is 14. The van der Waals surface area contributed by atoms with Gasteiger partial charge in [0.25, 0.3) is 0 Å². The van der Waals surface area contributed by atoms with E-state index < -0.39 is 0 Å². The summed E-state index contributed by atoms with van der Waals surface area (Å²) in [4.78, 5) is 23.4. The molecule has 8 nitrogen and oxygen atoms in total. The fourth-order valence-corrected chi connectivity index (χ4v) is 2.47. The van der Waals surface area contributed by atoms with Crippen LogP contribution in [0.3, 0.4) is 0 Å². The minimum Gasteiger partial charge on any atom is -0.466 e. The number of ketones is 1. The van der Waals surface area contributed by atoms with Crippen molar-refractivity contribution in [3.05, 3.63) is 11.9 Å². The van der Waals surface area contributed by atoms with E-state index in [0.29, 0.717) is 31.7 Å². The maximum atomic E-state index is 11.8. The highest BCUT2D eigenvalue weighted by molar-refractivity contribution is 5.79. The predicted molar refractivity (Wildman–Crippen MR) is 92.8 cm³/mol. The number of carbonyl (C=O) groups excluding carboxylic acids is 2. The molecule has 0 bridgehead atoms. The van der Waals surface area contributed by atoms with E-state index in [0.717, 1.165) is 38.7 Å². The summed E-state index contributed by atoms with van der Waals surface area (Å²) < 4.78 is 11.7. The number of esters is 1. The van der Waals surface area contributed by atoms with Crippen LogP contribution in [0.25, 0.3) is 0 Å². The van der Waals surface area contributed by atoms with E-state index in [-0.39, 0.29) is 17.8 Å². The average molecular weight is 354 g/mol. The molecule has 142 valence electrons. The van der Waals surface area contributed by atoms with E-state index in [9.17, 15) is 9.59 Å². The number of nitrogens with two attached hydrogens (primary N) is 1. The van der Waals surface area contributed by atoms with Gasteiger partial charge < -0.3 is 15.2 Å². The number of nitrogens with zero attached hydrogens (tertiary/aromatic N) is 3. The standard InChI is InChI=1S/C17H30N4O4/c1-14(22)16(21-13-15(12-18)19-20-21)8-5-7-11-25-17(23)9-4-3-6-10-24-2/h13,16H,3-12,18H2,1-2H3/t16-/m1/s1. The molecule has 0 unspecified atom stereocenters. The van der Waals surface area contributed by atoms with Gasteiger partial charge in [-0.05, 0) is 39.0 Å². The first kappa shape index (κ1) is 21.2.